The number of alkyl halides is 3. The molecule has 0 aliphatic carbocycles. The summed E-state index contributed by atoms with van der Waals surface area (Å²) in [6.45, 7) is 7.01. The Labute approximate surface area is 180 Å². The molecule has 0 radical (unpaired) electrons. The van der Waals surface area contributed by atoms with Crippen LogP contribution in [-0.2, 0) is 12.7 Å². The van der Waals surface area contributed by atoms with Crippen LogP contribution in [0.4, 0.5) is 13.2 Å². The fourth-order valence-electron chi connectivity index (χ4n) is 2.87. The van der Waals surface area contributed by atoms with Crippen molar-refractivity contribution in [3.63, 3.8) is 0 Å². The van der Waals surface area contributed by atoms with Gasteiger partial charge >= 0.3 is 6.18 Å². The van der Waals surface area contributed by atoms with Crippen LogP contribution < -0.4 is 10.6 Å². The quantitative estimate of drug-likeness (QED) is 0.247. The molecule has 0 spiro atoms. The average molecular weight is 519 g/mol. The SMILES string of the molecule is CCNC(=NCc1nc(C(F)(F)F)cs1)NCCCN1CCCCCC1.I. The maximum Gasteiger partial charge on any atom is 0.434 e. The molecule has 2 rings (SSSR count). The molecule has 27 heavy (non-hydrogen) atoms. The molecule has 1 aliphatic heterocycles. The maximum absolute atomic E-state index is 12.6. The van der Waals surface area contributed by atoms with Gasteiger partial charge < -0.3 is 15.5 Å². The Morgan fingerprint density at radius 3 is 2.52 bits per heavy atom. The van der Waals surface area contributed by atoms with Crippen molar-refractivity contribution in [2.24, 2.45) is 4.99 Å². The number of halogens is 4. The first-order valence-corrected chi connectivity index (χ1v) is 10.1. The van der Waals surface area contributed by atoms with Gasteiger partial charge in [-0.15, -0.1) is 35.3 Å². The Bertz CT molecular complexity index is 557. The van der Waals surface area contributed by atoms with Crippen LogP contribution in [0.5, 0.6) is 0 Å². The Balaban J connectivity index is 0.00000364. The zero-order chi connectivity index (χ0) is 18.8. The highest BCUT2D eigenvalue weighted by Gasteiger charge is 2.33. The number of thiazole rings is 1. The fraction of sp³-hybridized carbons (Fsp3) is 0.765. The standard InChI is InChI=1S/C17H28F3N5S.HI/c1-2-21-16(22-8-7-11-25-9-5-3-4-6-10-25)23-12-15-24-14(13-26-15)17(18,19)20;/h13H,2-12H2,1H3,(H2,21,22,23);1H. The van der Waals surface area contributed by atoms with Crippen LogP contribution >= 0.6 is 35.3 Å². The summed E-state index contributed by atoms with van der Waals surface area (Å²) in [5.41, 5.74) is -0.844. The molecule has 0 aromatic carbocycles. The Hall–Kier alpha value is -0.620. The fourth-order valence-corrected chi connectivity index (χ4v) is 3.60. The third-order valence-electron chi connectivity index (χ3n) is 4.20. The third-order valence-corrected chi connectivity index (χ3v) is 5.03. The maximum atomic E-state index is 12.6. The number of likely N-dealkylation sites (tertiary alicyclic amines) is 1. The van der Waals surface area contributed by atoms with Crippen molar-refractivity contribution >= 4 is 41.3 Å². The molecule has 0 bridgehead atoms. The summed E-state index contributed by atoms with van der Waals surface area (Å²) in [6.07, 6.45) is 1.85. The number of nitrogens with one attached hydrogen (secondary N) is 2. The number of hydrogen-bond donors (Lipinski definition) is 2. The van der Waals surface area contributed by atoms with Gasteiger partial charge in [-0.2, -0.15) is 13.2 Å². The molecule has 2 heterocycles. The minimum atomic E-state index is -4.39. The van der Waals surface area contributed by atoms with Gasteiger partial charge in [0.2, 0.25) is 0 Å². The molecule has 1 aromatic rings. The number of aliphatic imine (C=N–C) groups is 1. The molecule has 156 valence electrons. The van der Waals surface area contributed by atoms with Gasteiger partial charge in [0.05, 0.1) is 6.54 Å². The molecule has 2 N–H and O–H groups in total. The van der Waals surface area contributed by atoms with Gasteiger partial charge in [0, 0.05) is 18.5 Å². The summed E-state index contributed by atoms with van der Waals surface area (Å²) >= 11 is 0.985. The van der Waals surface area contributed by atoms with Crippen LogP contribution in [0.15, 0.2) is 10.4 Å². The Morgan fingerprint density at radius 2 is 1.93 bits per heavy atom. The van der Waals surface area contributed by atoms with Crippen molar-refractivity contribution in [2.45, 2.75) is 51.7 Å². The van der Waals surface area contributed by atoms with Crippen LogP contribution in [0.2, 0.25) is 0 Å². The number of rotatable bonds is 7. The molecular weight excluding hydrogens is 490 g/mol. The van der Waals surface area contributed by atoms with Crippen LogP contribution in [-0.4, -0.2) is 48.6 Å². The number of nitrogens with zero attached hydrogens (tertiary/aromatic N) is 3. The Kier molecular flexibility index (Phi) is 11.5. The van der Waals surface area contributed by atoms with E-state index in [1.165, 1.54) is 38.8 Å². The van der Waals surface area contributed by atoms with E-state index in [1.54, 1.807) is 0 Å². The highest BCUT2D eigenvalue weighted by molar-refractivity contribution is 14.0. The van der Waals surface area contributed by atoms with Gasteiger partial charge in [0.15, 0.2) is 11.7 Å². The van der Waals surface area contributed by atoms with Crippen LogP contribution in [0.1, 0.15) is 49.7 Å². The van der Waals surface area contributed by atoms with Gasteiger partial charge in [-0.1, -0.05) is 12.8 Å². The van der Waals surface area contributed by atoms with E-state index in [2.05, 4.69) is 25.5 Å². The first-order valence-electron chi connectivity index (χ1n) is 9.25. The van der Waals surface area contributed by atoms with E-state index in [1.807, 2.05) is 6.92 Å². The highest BCUT2D eigenvalue weighted by Crippen LogP contribution is 2.30. The van der Waals surface area contributed by atoms with Gasteiger partial charge in [0.25, 0.3) is 0 Å². The van der Waals surface area contributed by atoms with E-state index in [-0.39, 0.29) is 30.5 Å². The summed E-state index contributed by atoms with van der Waals surface area (Å²) in [5, 5.41) is 7.76. The molecular formula is C17H29F3IN5S. The van der Waals surface area contributed by atoms with Gasteiger partial charge in [-0.25, -0.2) is 9.98 Å². The van der Waals surface area contributed by atoms with Crippen molar-refractivity contribution in [3.8, 4) is 0 Å². The second-order valence-corrected chi connectivity index (χ2v) is 7.30. The molecule has 0 saturated carbocycles. The lowest BCUT2D eigenvalue weighted by Crippen LogP contribution is -2.39. The molecule has 10 heteroatoms. The largest absolute Gasteiger partial charge is 0.434 e. The zero-order valence-electron chi connectivity index (χ0n) is 15.6. The van der Waals surface area contributed by atoms with Crippen LogP contribution in [0, 0.1) is 0 Å². The molecule has 5 nitrogen and oxygen atoms in total. The van der Waals surface area contributed by atoms with Crippen LogP contribution in [0.3, 0.4) is 0 Å². The van der Waals surface area contributed by atoms with E-state index in [9.17, 15) is 13.2 Å². The van der Waals surface area contributed by atoms with Gasteiger partial charge in [-0.05, 0) is 45.8 Å². The minimum absolute atomic E-state index is 0. The second kappa shape index (κ2) is 12.8. The van der Waals surface area contributed by atoms with Crippen molar-refractivity contribution in [1.82, 2.24) is 20.5 Å². The molecule has 1 aromatic heterocycles. The van der Waals surface area contributed by atoms with E-state index in [0.717, 1.165) is 36.2 Å². The third kappa shape index (κ3) is 9.42. The van der Waals surface area contributed by atoms with E-state index in [4.69, 9.17) is 0 Å². The van der Waals surface area contributed by atoms with Crippen molar-refractivity contribution in [2.75, 3.05) is 32.7 Å². The van der Waals surface area contributed by atoms with Crippen LogP contribution in [0.25, 0.3) is 0 Å². The lowest BCUT2D eigenvalue weighted by atomic mass is 10.2. The lowest BCUT2D eigenvalue weighted by Gasteiger charge is -2.20. The first kappa shape index (κ1) is 24.4. The number of hydrogen-bond acceptors (Lipinski definition) is 4. The molecule has 0 atom stereocenters. The molecule has 0 unspecified atom stereocenters. The molecule has 0 amide bonds. The molecule has 1 fully saturated rings. The van der Waals surface area contributed by atoms with Gasteiger partial charge in [0.1, 0.15) is 5.01 Å². The lowest BCUT2D eigenvalue weighted by molar-refractivity contribution is -0.140. The number of aromatic nitrogens is 1. The second-order valence-electron chi connectivity index (χ2n) is 6.36. The highest BCUT2D eigenvalue weighted by atomic mass is 127. The molecule has 1 saturated heterocycles. The predicted molar refractivity (Wildman–Crippen MR) is 115 cm³/mol. The topological polar surface area (TPSA) is 52.6 Å². The summed E-state index contributed by atoms with van der Waals surface area (Å²) in [7, 11) is 0. The van der Waals surface area contributed by atoms with E-state index in [0.29, 0.717) is 17.5 Å². The normalized spacial score (nSPS) is 16.5. The van der Waals surface area contributed by atoms with E-state index >= 15 is 0 Å². The summed E-state index contributed by atoms with van der Waals surface area (Å²) in [4.78, 5) is 10.5. The first-order chi connectivity index (χ1) is 12.5. The van der Waals surface area contributed by atoms with E-state index < -0.39 is 11.9 Å². The monoisotopic (exact) mass is 519 g/mol. The smallest absolute Gasteiger partial charge is 0.357 e. The summed E-state index contributed by atoms with van der Waals surface area (Å²) in [5.74, 6) is 0.618. The molecule has 1 aliphatic rings. The van der Waals surface area contributed by atoms with Crippen molar-refractivity contribution in [1.29, 1.82) is 0 Å². The Morgan fingerprint density at radius 1 is 1.22 bits per heavy atom. The number of guanidine groups is 1. The summed E-state index contributed by atoms with van der Waals surface area (Å²) < 4.78 is 37.8. The van der Waals surface area contributed by atoms with Crippen molar-refractivity contribution < 1.29 is 13.2 Å². The average Bonchev–Trinajstić information content (AvgIpc) is 2.93. The minimum Gasteiger partial charge on any atom is -0.357 e. The zero-order valence-corrected chi connectivity index (χ0v) is 18.8. The van der Waals surface area contributed by atoms with Crippen molar-refractivity contribution in [3.05, 3.63) is 16.1 Å². The van der Waals surface area contributed by atoms with Gasteiger partial charge in [-0.3, -0.25) is 0 Å². The summed E-state index contributed by atoms with van der Waals surface area (Å²) in [6, 6.07) is 0. The predicted octanol–water partition coefficient (Wildman–Crippen LogP) is 4.10.